The normalized spacial score (nSPS) is 12.5. The van der Waals surface area contributed by atoms with Gasteiger partial charge in [0.1, 0.15) is 5.75 Å². The molecule has 2 aromatic rings. The molecule has 2 N–H and O–H groups in total. The lowest BCUT2D eigenvalue weighted by molar-refractivity contribution is 0.102. The van der Waals surface area contributed by atoms with Gasteiger partial charge < -0.3 is 10.1 Å². The molecule has 0 fully saturated rings. The van der Waals surface area contributed by atoms with E-state index in [1.165, 1.54) is 25.3 Å². The summed E-state index contributed by atoms with van der Waals surface area (Å²) in [7, 11) is -2.26. The molecule has 0 saturated carbocycles. The fraction of sp³-hybridized carbons (Fsp3) is 0.278. The van der Waals surface area contributed by atoms with Crippen LogP contribution in [0.1, 0.15) is 30.6 Å². The number of carbonyl (C=O) groups excluding carboxylic acids is 1. The molecule has 26 heavy (non-hydrogen) atoms. The quantitative estimate of drug-likeness (QED) is 0.747. The van der Waals surface area contributed by atoms with Crippen molar-refractivity contribution in [2.75, 3.05) is 12.4 Å². The molecule has 0 spiro atoms. The first-order valence-corrected chi connectivity index (χ1v) is 9.90. The Labute approximate surface area is 158 Å². The van der Waals surface area contributed by atoms with Gasteiger partial charge in [-0.05, 0) is 55.8 Å². The third-order valence-corrected chi connectivity index (χ3v) is 5.64. The lowest BCUT2D eigenvalue weighted by atomic mass is 10.2. The molecule has 0 aliphatic heterocycles. The zero-order valence-corrected chi connectivity index (χ0v) is 16.3. The van der Waals surface area contributed by atoms with Gasteiger partial charge in [0, 0.05) is 16.6 Å². The van der Waals surface area contributed by atoms with E-state index in [9.17, 15) is 13.2 Å². The lowest BCUT2D eigenvalue weighted by Crippen LogP contribution is -2.32. The molecule has 0 heterocycles. The van der Waals surface area contributed by atoms with Crippen molar-refractivity contribution >= 4 is 33.2 Å². The monoisotopic (exact) mass is 396 g/mol. The minimum Gasteiger partial charge on any atom is -0.495 e. The Bertz CT molecular complexity index is 883. The molecule has 0 aliphatic carbocycles. The molecule has 0 bridgehead atoms. The van der Waals surface area contributed by atoms with Crippen molar-refractivity contribution in [3.05, 3.63) is 53.1 Å². The summed E-state index contributed by atoms with van der Waals surface area (Å²) >= 11 is 5.82. The van der Waals surface area contributed by atoms with Gasteiger partial charge in [-0.3, -0.25) is 4.79 Å². The van der Waals surface area contributed by atoms with E-state index in [2.05, 4.69) is 10.0 Å². The smallest absolute Gasteiger partial charge is 0.255 e. The maximum atomic E-state index is 12.5. The Hall–Kier alpha value is -2.09. The van der Waals surface area contributed by atoms with Crippen LogP contribution in [0.4, 0.5) is 5.69 Å². The van der Waals surface area contributed by atoms with E-state index in [1.807, 2.05) is 6.92 Å². The number of methoxy groups -OCH3 is 1. The van der Waals surface area contributed by atoms with E-state index >= 15 is 0 Å². The summed E-state index contributed by atoms with van der Waals surface area (Å²) in [5.41, 5.74) is 0.655. The Morgan fingerprint density at radius 1 is 1.19 bits per heavy atom. The molecule has 0 aliphatic rings. The van der Waals surface area contributed by atoms with Crippen molar-refractivity contribution < 1.29 is 17.9 Å². The molecule has 0 aromatic heterocycles. The van der Waals surface area contributed by atoms with Crippen molar-refractivity contribution in [2.24, 2.45) is 0 Å². The highest BCUT2D eigenvalue weighted by atomic mass is 35.5. The Balaban J connectivity index is 2.32. The first-order chi connectivity index (χ1) is 12.3. The summed E-state index contributed by atoms with van der Waals surface area (Å²) < 4.78 is 32.7. The average molecular weight is 397 g/mol. The van der Waals surface area contributed by atoms with E-state index in [0.29, 0.717) is 22.8 Å². The highest BCUT2D eigenvalue weighted by Gasteiger charge is 2.19. The number of sulfonamides is 1. The Morgan fingerprint density at radius 2 is 1.85 bits per heavy atom. The number of halogens is 1. The molecule has 0 radical (unpaired) electrons. The van der Waals surface area contributed by atoms with Crippen LogP contribution in [0.5, 0.6) is 5.75 Å². The zero-order valence-electron chi connectivity index (χ0n) is 14.7. The van der Waals surface area contributed by atoms with Gasteiger partial charge in [0.05, 0.1) is 17.7 Å². The van der Waals surface area contributed by atoms with E-state index in [1.54, 1.807) is 31.2 Å². The van der Waals surface area contributed by atoms with Gasteiger partial charge in [0.2, 0.25) is 10.0 Å². The fourth-order valence-electron chi connectivity index (χ4n) is 2.16. The van der Waals surface area contributed by atoms with Crippen molar-refractivity contribution in [3.63, 3.8) is 0 Å². The second-order valence-electron chi connectivity index (χ2n) is 5.75. The summed E-state index contributed by atoms with van der Waals surface area (Å²) in [6.45, 7) is 3.67. The van der Waals surface area contributed by atoms with Crippen LogP contribution in [0.3, 0.4) is 0 Å². The van der Waals surface area contributed by atoms with Crippen molar-refractivity contribution in [1.82, 2.24) is 4.72 Å². The number of anilines is 1. The fourth-order valence-corrected chi connectivity index (χ4v) is 3.64. The second kappa shape index (κ2) is 8.53. The van der Waals surface area contributed by atoms with E-state index < -0.39 is 15.9 Å². The number of rotatable bonds is 7. The molecule has 2 aromatic carbocycles. The topological polar surface area (TPSA) is 84.5 Å². The summed E-state index contributed by atoms with van der Waals surface area (Å²) in [6, 6.07) is 10.5. The third-order valence-electron chi connectivity index (χ3n) is 3.80. The molecule has 1 unspecified atom stereocenters. The number of hydrogen-bond acceptors (Lipinski definition) is 4. The van der Waals surface area contributed by atoms with Gasteiger partial charge in [-0.15, -0.1) is 0 Å². The van der Waals surface area contributed by atoms with Gasteiger partial charge in [-0.1, -0.05) is 18.5 Å². The van der Waals surface area contributed by atoms with Crippen LogP contribution in [-0.4, -0.2) is 27.5 Å². The largest absolute Gasteiger partial charge is 0.495 e. The maximum Gasteiger partial charge on any atom is 0.255 e. The minimum atomic E-state index is -3.70. The van der Waals surface area contributed by atoms with Gasteiger partial charge in [-0.2, -0.15) is 0 Å². The number of hydrogen-bond donors (Lipinski definition) is 2. The molecule has 1 atom stereocenters. The first kappa shape index (κ1) is 20.2. The van der Waals surface area contributed by atoms with E-state index in [4.69, 9.17) is 16.3 Å². The van der Waals surface area contributed by atoms with Crippen molar-refractivity contribution in [2.45, 2.75) is 31.2 Å². The second-order valence-corrected chi connectivity index (χ2v) is 7.90. The van der Waals surface area contributed by atoms with Crippen LogP contribution in [0.2, 0.25) is 5.02 Å². The van der Waals surface area contributed by atoms with E-state index in [0.717, 1.165) is 0 Å². The number of nitrogens with one attached hydrogen (secondary N) is 2. The molecular weight excluding hydrogens is 376 g/mol. The zero-order chi connectivity index (χ0) is 19.3. The summed E-state index contributed by atoms with van der Waals surface area (Å²) in [4.78, 5) is 12.5. The highest BCUT2D eigenvalue weighted by molar-refractivity contribution is 7.89. The first-order valence-electron chi connectivity index (χ1n) is 8.04. The lowest BCUT2D eigenvalue weighted by Gasteiger charge is -2.15. The number of ether oxygens (including phenoxy) is 1. The van der Waals surface area contributed by atoms with Crippen molar-refractivity contribution in [3.8, 4) is 5.75 Å². The number of amides is 1. The molecular formula is C18H21ClN2O4S. The van der Waals surface area contributed by atoms with Crippen LogP contribution in [0.25, 0.3) is 0 Å². The van der Waals surface area contributed by atoms with Crippen LogP contribution in [0.15, 0.2) is 47.4 Å². The molecule has 8 heteroatoms. The van der Waals surface area contributed by atoms with Gasteiger partial charge in [0.15, 0.2) is 0 Å². The molecule has 0 saturated heterocycles. The molecule has 6 nitrogen and oxygen atoms in total. The van der Waals surface area contributed by atoms with Crippen molar-refractivity contribution in [1.29, 1.82) is 0 Å². The molecule has 1 amide bonds. The Morgan fingerprint density at radius 3 is 2.42 bits per heavy atom. The highest BCUT2D eigenvalue weighted by Crippen LogP contribution is 2.28. The SMILES string of the molecule is CCC(C)NS(=O)(=O)c1ccc(OC)c(NC(=O)c2ccc(Cl)cc2)c1. The molecule has 2 rings (SSSR count). The number of carbonyl (C=O) groups is 1. The predicted molar refractivity (Wildman–Crippen MR) is 102 cm³/mol. The number of benzene rings is 2. The maximum absolute atomic E-state index is 12.5. The standard InChI is InChI=1S/C18H21ClN2O4S/c1-4-12(2)21-26(23,24)15-9-10-17(25-3)16(11-15)20-18(22)13-5-7-14(19)8-6-13/h5-12,21H,4H2,1-3H3,(H,20,22). The third kappa shape index (κ3) is 4.97. The summed E-state index contributed by atoms with van der Waals surface area (Å²) in [5, 5.41) is 3.19. The van der Waals surface area contributed by atoms with Crippen LogP contribution in [-0.2, 0) is 10.0 Å². The van der Waals surface area contributed by atoms with Crippen LogP contribution in [0, 0.1) is 0 Å². The molecule has 140 valence electrons. The average Bonchev–Trinajstić information content (AvgIpc) is 2.61. The van der Waals surface area contributed by atoms with Gasteiger partial charge in [-0.25, -0.2) is 13.1 Å². The Kier molecular flexibility index (Phi) is 6.63. The predicted octanol–water partition coefficient (Wildman–Crippen LogP) is 3.68. The van der Waals surface area contributed by atoms with Gasteiger partial charge in [0.25, 0.3) is 5.91 Å². The minimum absolute atomic E-state index is 0.0463. The van der Waals surface area contributed by atoms with Crippen LogP contribution >= 0.6 is 11.6 Å². The summed E-state index contributed by atoms with van der Waals surface area (Å²) in [6.07, 6.45) is 0.662. The van der Waals surface area contributed by atoms with E-state index in [-0.39, 0.29) is 16.6 Å². The van der Waals surface area contributed by atoms with Crippen LogP contribution < -0.4 is 14.8 Å². The van der Waals surface area contributed by atoms with Gasteiger partial charge >= 0.3 is 0 Å². The summed E-state index contributed by atoms with van der Waals surface area (Å²) in [5.74, 6) is -0.0424.